The first-order valence-electron chi connectivity index (χ1n) is 4.88. The number of hydrogen-bond donors (Lipinski definition) is 0. The zero-order valence-electron chi connectivity index (χ0n) is 9.07. The Bertz CT molecular complexity index is 546. The second-order valence-corrected chi connectivity index (χ2v) is 4.42. The van der Waals surface area contributed by atoms with Crippen molar-refractivity contribution in [3.63, 3.8) is 0 Å². The highest BCUT2D eigenvalue weighted by Crippen LogP contribution is 2.23. The Labute approximate surface area is 102 Å². The van der Waals surface area contributed by atoms with Crippen LogP contribution in [0.1, 0.15) is 21.7 Å². The molecule has 0 radical (unpaired) electrons. The van der Waals surface area contributed by atoms with Crippen LogP contribution in [-0.4, -0.2) is 15.3 Å². The maximum absolute atomic E-state index is 12.2. The highest BCUT2D eigenvalue weighted by molar-refractivity contribution is 9.10. The number of carbonyl (C=O) groups excluding carboxylic acids is 1. The minimum Gasteiger partial charge on any atom is -0.331 e. The van der Waals surface area contributed by atoms with Gasteiger partial charge in [-0.1, -0.05) is 12.1 Å². The number of halogens is 1. The molecular weight excluding hydrogens is 268 g/mol. The summed E-state index contributed by atoms with van der Waals surface area (Å²) < 4.78 is 2.56. The van der Waals surface area contributed by atoms with E-state index in [1.807, 2.05) is 26.1 Å². The van der Waals surface area contributed by atoms with Crippen molar-refractivity contribution in [2.75, 3.05) is 0 Å². The van der Waals surface area contributed by atoms with Gasteiger partial charge in [0.25, 0.3) is 0 Å². The molecule has 0 spiro atoms. The van der Waals surface area contributed by atoms with Gasteiger partial charge in [0, 0.05) is 29.5 Å². The van der Waals surface area contributed by atoms with E-state index in [2.05, 4.69) is 20.9 Å². The zero-order valence-corrected chi connectivity index (χ0v) is 10.7. The Kier molecular flexibility index (Phi) is 2.92. The molecule has 0 N–H and O–H groups in total. The van der Waals surface area contributed by atoms with Crippen molar-refractivity contribution >= 4 is 21.7 Å². The molecule has 1 heterocycles. The van der Waals surface area contributed by atoms with Crippen molar-refractivity contribution in [3.8, 4) is 0 Å². The summed E-state index contributed by atoms with van der Waals surface area (Å²) >= 11 is 3.43. The first-order chi connectivity index (χ1) is 7.61. The molecule has 0 unspecified atom stereocenters. The number of hydrogen-bond acceptors (Lipinski definition) is 2. The summed E-state index contributed by atoms with van der Waals surface area (Å²) in [5.74, 6) is 0.384. The molecule has 1 aromatic heterocycles. The van der Waals surface area contributed by atoms with Gasteiger partial charge in [0.15, 0.2) is 5.82 Å². The highest BCUT2D eigenvalue weighted by atomic mass is 79.9. The first kappa shape index (κ1) is 11.1. The van der Waals surface area contributed by atoms with Gasteiger partial charge in [0.1, 0.15) is 0 Å². The number of aromatic nitrogens is 2. The largest absolute Gasteiger partial charge is 0.331 e. The Morgan fingerprint density at radius 2 is 2.19 bits per heavy atom. The van der Waals surface area contributed by atoms with Crippen LogP contribution < -0.4 is 0 Å². The molecule has 0 saturated heterocycles. The van der Waals surface area contributed by atoms with E-state index in [9.17, 15) is 4.79 Å². The molecule has 16 heavy (non-hydrogen) atoms. The normalized spacial score (nSPS) is 10.4. The van der Waals surface area contributed by atoms with Crippen molar-refractivity contribution in [2.45, 2.75) is 6.92 Å². The molecular formula is C12H11BrN2O. The molecule has 0 amide bonds. The van der Waals surface area contributed by atoms with Crippen LogP contribution >= 0.6 is 15.9 Å². The van der Waals surface area contributed by atoms with Gasteiger partial charge in [-0.05, 0) is 34.5 Å². The second kappa shape index (κ2) is 4.22. The lowest BCUT2D eigenvalue weighted by atomic mass is 10.1. The molecule has 2 aromatic rings. The number of ketones is 1. The summed E-state index contributed by atoms with van der Waals surface area (Å²) in [7, 11) is 1.81. The zero-order chi connectivity index (χ0) is 11.7. The Morgan fingerprint density at radius 1 is 1.44 bits per heavy atom. The molecule has 82 valence electrons. The van der Waals surface area contributed by atoms with Gasteiger partial charge in [-0.2, -0.15) is 0 Å². The van der Waals surface area contributed by atoms with E-state index in [4.69, 9.17) is 0 Å². The van der Waals surface area contributed by atoms with Gasteiger partial charge < -0.3 is 4.57 Å². The van der Waals surface area contributed by atoms with Crippen LogP contribution in [0, 0.1) is 6.92 Å². The molecule has 0 aliphatic heterocycles. The number of carbonyl (C=O) groups is 1. The van der Waals surface area contributed by atoms with Gasteiger partial charge in [0.05, 0.1) is 0 Å². The Balaban J connectivity index is 2.50. The summed E-state index contributed by atoms with van der Waals surface area (Å²) in [6, 6.07) is 5.63. The molecule has 0 bridgehead atoms. The SMILES string of the molecule is Cc1cccc(C(=O)c2nccn2C)c1Br. The van der Waals surface area contributed by atoms with Crippen molar-refractivity contribution in [1.29, 1.82) is 0 Å². The molecule has 3 nitrogen and oxygen atoms in total. The number of aryl methyl sites for hydroxylation is 2. The third kappa shape index (κ3) is 1.80. The van der Waals surface area contributed by atoms with Gasteiger partial charge in [-0.3, -0.25) is 4.79 Å². The fourth-order valence-electron chi connectivity index (χ4n) is 1.53. The fraction of sp³-hybridized carbons (Fsp3) is 0.167. The van der Waals surface area contributed by atoms with Gasteiger partial charge in [-0.15, -0.1) is 0 Å². The van der Waals surface area contributed by atoms with Crippen LogP contribution in [0.2, 0.25) is 0 Å². The van der Waals surface area contributed by atoms with E-state index in [1.54, 1.807) is 23.0 Å². The van der Waals surface area contributed by atoms with Gasteiger partial charge in [0.2, 0.25) is 5.78 Å². The lowest BCUT2D eigenvalue weighted by Crippen LogP contribution is -2.09. The van der Waals surface area contributed by atoms with Crippen molar-refractivity contribution in [3.05, 3.63) is 52.0 Å². The van der Waals surface area contributed by atoms with Crippen LogP contribution in [-0.2, 0) is 7.05 Å². The van der Waals surface area contributed by atoms with Crippen LogP contribution in [0.4, 0.5) is 0 Å². The van der Waals surface area contributed by atoms with Crippen LogP contribution in [0.15, 0.2) is 35.1 Å². The monoisotopic (exact) mass is 278 g/mol. The standard InChI is InChI=1S/C12H11BrN2O/c1-8-4-3-5-9(10(8)13)11(16)12-14-6-7-15(12)2/h3-7H,1-2H3. The topological polar surface area (TPSA) is 34.9 Å². The lowest BCUT2D eigenvalue weighted by molar-refractivity contribution is 0.102. The average Bonchev–Trinajstić information content (AvgIpc) is 2.68. The maximum atomic E-state index is 12.2. The predicted molar refractivity (Wildman–Crippen MR) is 65.5 cm³/mol. The Morgan fingerprint density at radius 3 is 2.81 bits per heavy atom. The summed E-state index contributed by atoms with van der Waals surface area (Å²) in [5.41, 5.74) is 1.69. The summed E-state index contributed by atoms with van der Waals surface area (Å²) in [6.07, 6.45) is 3.38. The number of imidazole rings is 1. The van der Waals surface area contributed by atoms with E-state index < -0.39 is 0 Å². The molecule has 0 saturated carbocycles. The molecule has 2 rings (SSSR count). The lowest BCUT2D eigenvalue weighted by Gasteiger charge is -2.05. The summed E-state index contributed by atoms with van der Waals surface area (Å²) in [4.78, 5) is 16.2. The fourth-order valence-corrected chi connectivity index (χ4v) is 1.97. The third-order valence-corrected chi connectivity index (χ3v) is 3.51. The van der Waals surface area contributed by atoms with E-state index >= 15 is 0 Å². The van der Waals surface area contributed by atoms with Crippen LogP contribution in [0.3, 0.4) is 0 Å². The average molecular weight is 279 g/mol. The molecule has 0 aliphatic carbocycles. The highest BCUT2D eigenvalue weighted by Gasteiger charge is 2.16. The molecule has 0 aliphatic rings. The number of nitrogens with zero attached hydrogens (tertiary/aromatic N) is 2. The smallest absolute Gasteiger partial charge is 0.229 e. The molecule has 4 heteroatoms. The number of benzene rings is 1. The first-order valence-corrected chi connectivity index (χ1v) is 5.67. The maximum Gasteiger partial charge on any atom is 0.229 e. The molecule has 0 fully saturated rings. The van der Waals surface area contributed by atoms with Crippen molar-refractivity contribution in [2.24, 2.45) is 7.05 Å². The van der Waals surface area contributed by atoms with Crippen LogP contribution in [0.25, 0.3) is 0 Å². The van der Waals surface area contributed by atoms with Gasteiger partial charge >= 0.3 is 0 Å². The summed E-state index contributed by atoms with van der Waals surface area (Å²) in [6.45, 7) is 1.96. The third-order valence-electron chi connectivity index (χ3n) is 2.46. The van der Waals surface area contributed by atoms with Crippen LogP contribution in [0.5, 0.6) is 0 Å². The number of rotatable bonds is 2. The van der Waals surface area contributed by atoms with E-state index in [1.165, 1.54) is 0 Å². The second-order valence-electron chi connectivity index (χ2n) is 3.63. The van der Waals surface area contributed by atoms with Gasteiger partial charge in [-0.25, -0.2) is 4.98 Å². The molecule has 0 atom stereocenters. The Hall–Kier alpha value is -1.42. The van der Waals surface area contributed by atoms with E-state index in [-0.39, 0.29) is 5.78 Å². The summed E-state index contributed by atoms with van der Waals surface area (Å²) in [5, 5.41) is 0. The predicted octanol–water partition coefficient (Wildman–Crippen LogP) is 2.72. The van der Waals surface area contributed by atoms with E-state index in [0.29, 0.717) is 11.4 Å². The van der Waals surface area contributed by atoms with Crippen molar-refractivity contribution in [1.82, 2.24) is 9.55 Å². The quantitative estimate of drug-likeness (QED) is 0.792. The molecule has 1 aromatic carbocycles. The minimum absolute atomic E-state index is 0.0666. The van der Waals surface area contributed by atoms with E-state index in [0.717, 1.165) is 10.0 Å². The minimum atomic E-state index is -0.0666. The van der Waals surface area contributed by atoms with Crippen molar-refractivity contribution < 1.29 is 4.79 Å².